The predicted octanol–water partition coefficient (Wildman–Crippen LogP) is 2.34. The molecule has 0 atom stereocenters. The van der Waals surface area contributed by atoms with Gasteiger partial charge in [0.25, 0.3) is 0 Å². The number of nitrogen functional groups attached to an aromatic ring is 1. The van der Waals surface area contributed by atoms with Crippen molar-refractivity contribution in [2.45, 2.75) is 6.42 Å². The zero-order valence-electron chi connectivity index (χ0n) is 10.2. The van der Waals surface area contributed by atoms with E-state index in [-0.39, 0.29) is 0 Å². The van der Waals surface area contributed by atoms with E-state index < -0.39 is 0 Å². The molecule has 0 bridgehead atoms. The van der Waals surface area contributed by atoms with Gasteiger partial charge in [-0.25, -0.2) is 9.97 Å². The largest absolute Gasteiger partial charge is 0.399 e. The van der Waals surface area contributed by atoms with Crippen LogP contribution in [0.15, 0.2) is 36.7 Å². The predicted molar refractivity (Wildman–Crippen MR) is 82.6 cm³/mol. The van der Waals surface area contributed by atoms with E-state index in [0.717, 1.165) is 28.2 Å². The van der Waals surface area contributed by atoms with Gasteiger partial charge in [-0.15, -0.1) is 0 Å². The standard InChI is InChI=1S/C13H15IN4/c1-18(13-16-8-11(14)9-17-13)6-5-10-3-2-4-12(15)7-10/h2-4,7-9H,5-6,15H2,1H3. The van der Waals surface area contributed by atoms with Gasteiger partial charge in [-0.05, 0) is 46.7 Å². The number of rotatable bonds is 4. The Labute approximate surface area is 120 Å². The van der Waals surface area contributed by atoms with Crippen LogP contribution in [0.25, 0.3) is 0 Å². The molecule has 2 N–H and O–H groups in total. The van der Waals surface area contributed by atoms with Crippen LogP contribution < -0.4 is 10.6 Å². The molecule has 0 radical (unpaired) electrons. The zero-order valence-corrected chi connectivity index (χ0v) is 12.3. The fraction of sp³-hybridized carbons (Fsp3) is 0.231. The molecule has 5 heteroatoms. The van der Waals surface area contributed by atoms with Gasteiger partial charge in [0.2, 0.25) is 5.95 Å². The smallest absolute Gasteiger partial charge is 0.225 e. The van der Waals surface area contributed by atoms with E-state index in [4.69, 9.17) is 5.73 Å². The van der Waals surface area contributed by atoms with E-state index in [1.165, 1.54) is 5.56 Å². The number of benzene rings is 1. The van der Waals surface area contributed by atoms with Crippen LogP contribution >= 0.6 is 22.6 Å². The molecule has 0 spiro atoms. The monoisotopic (exact) mass is 354 g/mol. The Morgan fingerprint density at radius 1 is 1.28 bits per heavy atom. The summed E-state index contributed by atoms with van der Waals surface area (Å²) < 4.78 is 1.04. The third-order valence-electron chi connectivity index (χ3n) is 2.64. The molecule has 4 nitrogen and oxygen atoms in total. The van der Waals surface area contributed by atoms with Crippen molar-refractivity contribution in [2.75, 3.05) is 24.2 Å². The summed E-state index contributed by atoms with van der Waals surface area (Å²) >= 11 is 2.20. The summed E-state index contributed by atoms with van der Waals surface area (Å²) in [4.78, 5) is 10.6. The maximum absolute atomic E-state index is 5.75. The van der Waals surface area contributed by atoms with Crippen LogP contribution in [-0.4, -0.2) is 23.6 Å². The highest BCUT2D eigenvalue weighted by molar-refractivity contribution is 14.1. The first-order chi connectivity index (χ1) is 8.65. The molecule has 0 saturated carbocycles. The lowest BCUT2D eigenvalue weighted by Gasteiger charge is -2.16. The number of halogens is 1. The first-order valence-corrected chi connectivity index (χ1v) is 6.76. The third kappa shape index (κ3) is 3.56. The highest BCUT2D eigenvalue weighted by Crippen LogP contribution is 2.10. The van der Waals surface area contributed by atoms with Gasteiger partial charge < -0.3 is 10.6 Å². The minimum absolute atomic E-state index is 0.749. The van der Waals surface area contributed by atoms with Crippen molar-refractivity contribution < 1.29 is 0 Å². The second-order valence-electron chi connectivity index (χ2n) is 4.12. The Morgan fingerprint density at radius 2 is 2.00 bits per heavy atom. The van der Waals surface area contributed by atoms with Gasteiger partial charge >= 0.3 is 0 Å². The number of aromatic nitrogens is 2. The molecule has 18 heavy (non-hydrogen) atoms. The van der Waals surface area contributed by atoms with Gasteiger partial charge in [0, 0.05) is 35.2 Å². The molecule has 0 aliphatic heterocycles. The summed E-state index contributed by atoms with van der Waals surface area (Å²) in [6.45, 7) is 0.865. The average Bonchev–Trinajstić information content (AvgIpc) is 2.37. The van der Waals surface area contributed by atoms with Crippen LogP contribution in [0.2, 0.25) is 0 Å². The molecule has 2 rings (SSSR count). The van der Waals surface area contributed by atoms with E-state index in [0.29, 0.717) is 0 Å². The van der Waals surface area contributed by atoms with E-state index in [9.17, 15) is 0 Å². The maximum Gasteiger partial charge on any atom is 0.225 e. The highest BCUT2D eigenvalue weighted by Gasteiger charge is 2.04. The first-order valence-electron chi connectivity index (χ1n) is 5.68. The van der Waals surface area contributed by atoms with Gasteiger partial charge in [-0.2, -0.15) is 0 Å². The highest BCUT2D eigenvalue weighted by atomic mass is 127. The first kappa shape index (κ1) is 13.1. The third-order valence-corrected chi connectivity index (χ3v) is 3.19. The minimum Gasteiger partial charge on any atom is -0.399 e. The van der Waals surface area contributed by atoms with Crippen molar-refractivity contribution in [2.24, 2.45) is 0 Å². The molecule has 0 fully saturated rings. The average molecular weight is 354 g/mol. The molecule has 2 aromatic rings. The maximum atomic E-state index is 5.75. The SMILES string of the molecule is CN(CCc1cccc(N)c1)c1ncc(I)cn1. The number of likely N-dealkylation sites (N-methyl/N-ethyl adjacent to an activating group) is 1. The number of anilines is 2. The van der Waals surface area contributed by atoms with E-state index in [1.54, 1.807) is 0 Å². The fourth-order valence-corrected chi connectivity index (χ4v) is 1.93. The summed E-state index contributed by atoms with van der Waals surface area (Å²) in [6, 6.07) is 7.96. The Bertz CT molecular complexity index is 513. The van der Waals surface area contributed by atoms with Crippen LogP contribution in [0.3, 0.4) is 0 Å². The zero-order chi connectivity index (χ0) is 13.0. The molecule has 1 aromatic heterocycles. The topological polar surface area (TPSA) is 55.0 Å². The molecule has 0 saturated heterocycles. The van der Waals surface area contributed by atoms with Crippen molar-refractivity contribution in [1.82, 2.24) is 9.97 Å². The molecular formula is C13H15IN4. The number of nitrogens with two attached hydrogens (primary N) is 1. The number of hydrogen-bond acceptors (Lipinski definition) is 4. The van der Waals surface area contributed by atoms with Gasteiger partial charge in [0.1, 0.15) is 0 Å². The normalized spacial score (nSPS) is 10.3. The second-order valence-corrected chi connectivity index (χ2v) is 5.36. The lowest BCUT2D eigenvalue weighted by Crippen LogP contribution is -2.22. The van der Waals surface area contributed by atoms with E-state index >= 15 is 0 Å². The molecule has 1 aromatic carbocycles. The lowest BCUT2D eigenvalue weighted by atomic mass is 10.1. The Balaban J connectivity index is 1.96. The van der Waals surface area contributed by atoms with Crippen LogP contribution in [0, 0.1) is 3.57 Å². The van der Waals surface area contributed by atoms with E-state index in [1.807, 2.05) is 42.5 Å². The van der Waals surface area contributed by atoms with Crippen molar-refractivity contribution in [3.05, 3.63) is 45.8 Å². The molecule has 0 aliphatic carbocycles. The molecular weight excluding hydrogens is 339 g/mol. The minimum atomic E-state index is 0.749. The molecule has 0 unspecified atom stereocenters. The Morgan fingerprint density at radius 3 is 2.67 bits per heavy atom. The van der Waals surface area contributed by atoms with Crippen molar-refractivity contribution in [3.8, 4) is 0 Å². The second kappa shape index (κ2) is 5.99. The molecule has 1 heterocycles. The van der Waals surface area contributed by atoms with Crippen molar-refractivity contribution >= 4 is 34.2 Å². The van der Waals surface area contributed by atoms with Crippen molar-refractivity contribution in [1.29, 1.82) is 0 Å². The van der Waals surface area contributed by atoms with Gasteiger partial charge in [-0.3, -0.25) is 0 Å². The van der Waals surface area contributed by atoms with Gasteiger partial charge in [0.05, 0.1) is 0 Å². The summed E-state index contributed by atoms with van der Waals surface area (Å²) in [7, 11) is 1.99. The number of nitrogens with zero attached hydrogens (tertiary/aromatic N) is 3. The molecule has 0 aliphatic rings. The van der Waals surface area contributed by atoms with Gasteiger partial charge in [0.15, 0.2) is 0 Å². The van der Waals surface area contributed by atoms with Crippen molar-refractivity contribution in [3.63, 3.8) is 0 Å². The fourth-order valence-electron chi connectivity index (χ4n) is 1.65. The van der Waals surface area contributed by atoms with Crippen LogP contribution in [0.1, 0.15) is 5.56 Å². The Kier molecular flexibility index (Phi) is 4.35. The molecule has 94 valence electrons. The van der Waals surface area contributed by atoms with E-state index in [2.05, 4.69) is 38.6 Å². The summed E-state index contributed by atoms with van der Waals surface area (Å²) in [5, 5.41) is 0. The van der Waals surface area contributed by atoms with Crippen LogP contribution in [-0.2, 0) is 6.42 Å². The summed E-state index contributed by atoms with van der Waals surface area (Å²) in [6.07, 6.45) is 4.57. The van der Waals surface area contributed by atoms with Crippen LogP contribution in [0.4, 0.5) is 11.6 Å². The quantitative estimate of drug-likeness (QED) is 0.677. The lowest BCUT2D eigenvalue weighted by molar-refractivity contribution is 0.836. The molecule has 0 amide bonds. The summed E-state index contributed by atoms with van der Waals surface area (Å²) in [5.41, 5.74) is 7.79. The summed E-state index contributed by atoms with van der Waals surface area (Å²) in [5.74, 6) is 0.749. The number of hydrogen-bond donors (Lipinski definition) is 1. The Hall–Kier alpha value is -1.37. The van der Waals surface area contributed by atoms with Crippen LogP contribution in [0.5, 0.6) is 0 Å². The van der Waals surface area contributed by atoms with Gasteiger partial charge in [-0.1, -0.05) is 12.1 Å².